The van der Waals surface area contributed by atoms with E-state index >= 15 is 0 Å². The molecule has 1 aliphatic rings. The van der Waals surface area contributed by atoms with Crippen LogP contribution in [0, 0.1) is 0 Å². The zero-order valence-electron chi connectivity index (χ0n) is 46.2. The average Bonchev–Trinajstić information content (AvgIpc) is 3.37. The summed E-state index contributed by atoms with van der Waals surface area (Å²) < 4.78 is 11.3. The van der Waals surface area contributed by atoms with E-state index in [0.29, 0.717) is 6.42 Å². The number of unbranched alkanes of at least 4 members (excludes halogenated alkanes) is 36. The van der Waals surface area contributed by atoms with Gasteiger partial charge in [0.2, 0.25) is 5.91 Å². The molecule has 9 heteroatoms. The maximum absolute atomic E-state index is 13.1. The van der Waals surface area contributed by atoms with Crippen molar-refractivity contribution in [1.29, 1.82) is 0 Å². The quantitative estimate of drug-likeness (QED) is 0.0261. The van der Waals surface area contributed by atoms with E-state index in [9.17, 15) is 30.3 Å². The predicted molar refractivity (Wildman–Crippen MR) is 299 cm³/mol. The second kappa shape index (κ2) is 51.6. The minimum Gasteiger partial charge on any atom is -0.394 e. The van der Waals surface area contributed by atoms with Gasteiger partial charge in [0, 0.05) is 6.42 Å². The van der Waals surface area contributed by atoms with E-state index in [1.54, 1.807) is 6.08 Å². The van der Waals surface area contributed by atoms with Crippen molar-refractivity contribution in [2.24, 2.45) is 0 Å². The Bertz CT molecular complexity index is 1250. The maximum atomic E-state index is 13.1. The molecule has 0 aliphatic carbocycles. The summed E-state index contributed by atoms with van der Waals surface area (Å²) in [6.07, 6.45) is 61.9. The van der Waals surface area contributed by atoms with E-state index in [4.69, 9.17) is 9.47 Å². The minimum absolute atomic E-state index is 0.191. The van der Waals surface area contributed by atoms with Crippen molar-refractivity contribution in [3.8, 4) is 0 Å². The maximum Gasteiger partial charge on any atom is 0.220 e. The van der Waals surface area contributed by atoms with E-state index in [1.807, 2.05) is 6.08 Å². The first-order valence-electron chi connectivity index (χ1n) is 30.4. The highest BCUT2D eigenvalue weighted by Crippen LogP contribution is 2.23. The molecule has 0 bridgehead atoms. The van der Waals surface area contributed by atoms with Crippen LogP contribution in [-0.4, -0.2) is 87.5 Å². The van der Waals surface area contributed by atoms with Gasteiger partial charge in [0.1, 0.15) is 24.4 Å². The summed E-state index contributed by atoms with van der Waals surface area (Å²) in [5.41, 5.74) is 0. The summed E-state index contributed by atoms with van der Waals surface area (Å²) in [7, 11) is 0. The van der Waals surface area contributed by atoms with E-state index in [1.165, 1.54) is 218 Å². The largest absolute Gasteiger partial charge is 0.394 e. The van der Waals surface area contributed by atoms with Crippen molar-refractivity contribution in [2.45, 2.75) is 326 Å². The molecule has 0 aromatic carbocycles. The fraction of sp³-hybridized carbons (Fsp3) is 0.855. The molecule has 1 heterocycles. The molecular weight excluding hydrogens is 887 g/mol. The number of amides is 1. The summed E-state index contributed by atoms with van der Waals surface area (Å²) in [5.74, 6) is -0.191. The monoisotopic (exact) mass is 1000 g/mol. The lowest BCUT2D eigenvalue weighted by atomic mass is 9.99. The summed E-state index contributed by atoms with van der Waals surface area (Å²) in [6.45, 7) is 3.79. The molecule has 416 valence electrons. The topological polar surface area (TPSA) is 149 Å². The van der Waals surface area contributed by atoms with Crippen molar-refractivity contribution in [3.05, 3.63) is 48.6 Å². The zero-order valence-corrected chi connectivity index (χ0v) is 46.2. The molecule has 7 unspecified atom stereocenters. The van der Waals surface area contributed by atoms with E-state index < -0.39 is 49.5 Å². The van der Waals surface area contributed by atoms with Crippen molar-refractivity contribution >= 4 is 5.91 Å². The number of nitrogens with one attached hydrogen (secondary N) is 1. The number of aliphatic hydroxyl groups is 5. The number of hydrogen-bond donors (Lipinski definition) is 6. The SMILES string of the molecule is CCCCCCCCCCCCCC/C=C\CCCCCCCCCCC(=O)NC(COC1OC(CO)C(O)C(O)C1O)C(O)/C=C/CC/C=C/CC/C=C/CCCCCCCCCCCCCCCC. The van der Waals surface area contributed by atoms with Gasteiger partial charge in [-0.25, -0.2) is 0 Å². The third-order valence-corrected chi connectivity index (χ3v) is 14.4. The summed E-state index contributed by atoms with van der Waals surface area (Å²) in [6, 6.07) is -0.831. The number of carbonyl (C=O) groups excluding carboxylic acids is 1. The number of allylic oxidation sites excluding steroid dienone is 7. The Labute approximate surface area is 437 Å². The first kappa shape index (κ1) is 67.2. The fourth-order valence-corrected chi connectivity index (χ4v) is 9.54. The molecule has 1 rings (SSSR count). The smallest absolute Gasteiger partial charge is 0.220 e. The highest BCUT2D eigenvalue weighted by Gasteiger charge is 2.44. The normalized spacial score (nSPS) is 19.6. The number of ether oxygens (including phenoxy) is 2. The molecule has 71 heavy (non-hydrogen) atoms. The lowest BCUT2D eigenvalue weighted by molar-refractivity contribution is -0.302. The molecule has 1 saturated heterocycles. The molecule has 7 atom stereocenters. The molecule has 0 radical (unpaired) electrons. The Balaban J connectivity index is 2.25. The van der Waals surface area contributed by atoms with Crippen molar-refractivity contribution in [3.63, 3.8) is 0 Å². The second-order valence-electron chi connectivity index (χ2n) is 21.1. The standard InChI is InChI=1S/C62H115NO8/c1-3-5-7-9-11-13-15-17-19-21-23-25-27-29-31-33-35-37-39-41-43-45-47-49-51-56(65)55(54-70-62-61(69)60(68)59(67)57(53-64)71-62)63-58(66)52-50-48-46-44-42-40-38-36-34-32-30-28-26-24-22-20-18-16-14-12-10-8-6-4-2/h30,32-33,35,41,43,49,51,55-57,59-62,64-65,67-69H,3-29,31,34,36-40,42,44-48,50,52-54H2,1-2H3,(H,63,66)/b32-30-,35-33+,43-41+,51-49+. The van der Waals surface area contributed by atoms with Crippen molar-refractivity contribution in [1.82, 2.24) is 5.32 Å². The molecule has 1 aliphatic heterocycles. The molecule has 6 N–H and O–H groups in total. The molecule has 1 amide bonds. The van der Waals surface area contributed by atoms with Gasteiger partial charge in [0.15, 0.2) is 6.29 Å². The van der Waals surface area contributed by atoms with Gasteiger partial charge in [-0.1, -0.05) is 255 Å². The Morgan fingerprint density at radius 3 is 1.18 bits per heavy atom. The van der Waals surface area contributed by atoms with Crippen LogP contribution in [0.25, 0.3) is 0 Å². The van der Waals surface area contributed by atoms with Gasteiger partial charge in [0.25, 0.3) is 0 Å². The van der Waals surface area contributed by atoms with Gasteiger partial charge in [-0.05, 0) is 70.6 Å². The van der Waals surface area contributed by atoms with Crippen LogP contribution in [0.15, 0.2) is 48.6 Å². The van der Waals surface area contributed by atoms with Crippen LogP contribution in [0.5, 0.6) is 0 Å². The van der Waals surface area contributed by atoms with Gasteiger partial charge < -0.3 is 40.3 Å². The summed E-state index contributed by atoms with van der Waals surface area (Å²) in [5, 5.41) is 54.5. The Kier molecular flexibility index (Phi) is 48.8. The molecule has 0 saturated carbocycles. The lowest BCUT2D eigenvalue weighted by Crippen LogP contribution is -2.60. The number of rotatable bonds is 52. The van der Waals surface area contributed by atoms with Crippen LogP contribution in [0.3, 0.4) is 0 Å². The van der Waals surface area contributed by atoms with Crippen LogP contribution in [0.4, 0.5) is 0 Å². The molecule has 9 nitrogen and oxygen atoms in total. The van der Waals surface area contributed by atoms with Crippen molar-refractivity contribution < 1.29 is 39.8 Å². The molecule has 0 spiro atoms. The molecule has 0 aromatic heterocycles. The van der Waals surface area contributed by atoms with E-state index in [-0.39, 0.29) is 12.5 Å². The lowest BCUT2D eigenvalue weighted by Gasteiger charge is -2.40. The highest BCUT2D eigenvalue weighted by atomic mass is 16.7. The van der Waals surface area contributed by atoms with Gasteiger partial charge >= 0.3 is 0 Å². The number of hydrogen-bond acceptors (Lipinski definition) is 8. The minimum atomic E-state index is -1.58. The van der Waals surface area contributed by atoms with E-state index in [2.05, 4.69) is 55.6 Å². The summed E-state index contributed by atoms with van der Waals surface area (Å²) in [4.78, 5) is 13.1. The fourth-order valence-electron chi connectivity index (χ4n) is 9.54. The zero-order chi connectivity index (χ0) is 51.5. The molecule has 1 fully saturated rings. The van der Waals surface area contributed by atoms with Gasteiger partial charge in [-0.3, -0.25) is 4.79 Å². The predicted octanol–water partition coefficient (Wildman–Crippen LogP) is 15.3. The van der Waals surface area contributed by atoms with Gasteiger partial charge in [0.05, 0.1) is 25.4 Å². The Morgan fingerprint density at radius 2 is 0.803 bits per heavy atom. The van der Waals surface area contributed by atoms with Gasteiger partial charge in [-0.15, -0.1) is 0 Å². The van der Waals surface area contributed by atoms with Crippen molar-refractivity contribution in [2.75, 3.05) is 13.2 Å². The first-order valence-corrected chi connectivity index (χ1v) is 30.4. The number of carbonyl (C=O) groups is 1. The molecular formula is C62H115NO8. The highest BCUT2D eigenvalue weighted by molar-refractivity contribution is 5.76. The first-order chi connectivity index (χ1) is 34.8. The molecule has 0 aromatic rings. The Hall–Kier alpha value is -1.85. The van der Waals surface area contributed by atoms with Crippen LogP contribution in [-0.2, 0) is 14.3 Å². The Morgan fingerprint density at radius 1 is 0.465 bits per heavy atom. The third kappa shape index (κ3) is 41.1. The summed E-state index contributed by atoms with van der Waals surface area (Å²) >= 11 is 0. The number of aliphatic hydroxyl groups excluding tert-OH is 5. The van der Waals surface area contributed by atoms with E-state index in [0.717, 1.165) is 44.9 Å². The third-order valence-electron chi connectivity index (χ3n) is 14.4. The second-order valence-corrected chi connectivity index (χ2v) is 21.1. The van der Waals surface area contributed by atoms with Gasteiger partial charge in [-0.2, -0.15) is 0 Å². The van der Waals surface area contributed by atoms with Crippen LogP contribution < -0.4 is 5.32 Å². The average molecular weight is 1000 g/mol. The van der Waals surface area contributed by atoms with Crippen LogP contribution >= 0.6 is 0 Å². The van der Waals surface area contributed by atoms with Crippen LogP contribution in [0.2, 0.25) is 0 Å². The van der Waals surface area contributed by atoms with Crippen LogP contribution in [0.1, 0.15) is 284 Å².